The van der Waals surface area contributed by atoms with Crippen molar-refractivity contribution in [1.29, 1.82) is 0 Å². The molecular weight excluding hydrogens is 174 g/mol. The van der Waals surface area contributed by atoms with E-state index in [1.54, 1.807) is 0 Å². The van der Waals surface area contributed by atoms with Crippen LogP contribution in [0.15, 0.2) is 24.3 Å². The number of ether oxygens (including phenoxy) is 1. The van der Waals surface area contributed by atoms with E-state index in [2.05, 4.69) is 26.0 Å². The SMILES string of the molecule is CCC(C)OCc1ccccc1CN. The summed E-state index contributed by atoms with van der Waals surface area (Å²) in [7, 11) is 0. The Hall–Kier alpha value is -0.860. The van der Waals surface area contributed by atoms with Crippen molar-refractivity contribution < 1.29 is 4.74 Å². The van der Waals surface area contributed by atoms with Crippen molar-refractivity contribution >= 4 is 0 Å². The van der Waals surface area contributed by atoms with Crippen molar-refractivity contribution in [3.8, 4) is 0 Å². The quantitative estimate of drug-likeness (QED) is 0.779. The van der Waals surface area contributed by atoms with E-state index in [1.807, 2.05) is 12.1 Å². The first-order valence-corrected chi connectivity index (χ1v) is 5.16. The minimum absolute atomic E-state index is 0.320. The lowest BCUT2D eigenvalue weighted by molar-refractivity contribution is 0.0504. The molecule has 0 saturated heterocycles. The molecule has 0 amide bonds. The molecule has 0 aliphatic heterocycles. The third-order valence-electron chi connectivity index (χ3n) is 2.44. The zero-order chi connectivity index (χ0) is 10.4. The van der Waals surface area contributed by atoms with Gasteiger partial charge in [-0.2, -0.15) is 0 Å². The van der Waals surface area contributed by atoms with Gasteiger partial charge < -0.3 is 10.5 Å². The summed E-state index contributed by atoms with van der Waals surface area (Å²) in [5, 5.41) is 0. The topological polar surface area (TPSA) is 35.2 Å². The Kier molecular flexibility index (Phi) is 4.63. The number of nitrogens with two attached hydrogens (primary N) is 1. The van der Waals surface area contributed by atoms with Crippen LogP contribution >= 0.6 is 0 Å². The van der Waals surface area contributed by atoms with Crippen LogP contribution in [-0.4, -0.2) is 6.10 Å². The van der Waals surface area contributed by atoms with Gasteiger partial charge in [0.15, 0.2) is 0 Å². The fourth-order valence-electron chi connectivity index (χ4n) is 1.25. The van der Waals surface area contributed by atoms with E-state index < -0.39 is 0 Å². The second-order valence-corrected chi connectivity index (χ2v) is 3.50. The van der Waals surface area contributed by atoms with Crippen LogP contribution in [0, 0.1) is 0 Å². The summed E-state index contributed by atoms with van der Waals surface area (Å²) in [6.07, 6.45) is 1.37. The van der Waals surface area contributed by atoms with Crippen molar-refractivity contribution in [2.75, 3.05) is 0 Å². The molecule has 0 aliphatic rings. The molecule has 78 valence electrons. The van der Waals surface area contributed by atoms with E-state index in [1.165, 1.54) is 11.1 Å². The molecule has 0 heterocycles. The third kappa shape index (κ3) is 3.13. The molecule has 0 fully saturated rings. The van der Waals surface area contributed by atoms with Gasteiger partial charge in [-0.15, -0.1) is 0 Å². The summed E-state index contributed by atoms with van der Waals surface area (Å²) in [5.74, 6) is 0. The minimum atomic E-state index is 0.320. The highest BCUT2D eigenvalue weighted by molar-refractivity contribution is 5.26. The van der Waals surface area contributed by atoms with Crippen LogP contribution in [0.25, 0.3) is 0 Å². The first-order valence-electron chi connectivity index (χ1n) is 5.16. The lowest BCUT2D eigenvalue weighted by atomic mass is 10.1. The van der Waals surface area contributed by atoms with Crippen LogP contribution in [0.2, 0.25) is 0 Å². The van der Waals surface area contributed by atoms with Gasteiger partial charge in [-0.3, -0.25) is 0 Å². The third-order valence-corrected chi connectivity index (χ3v) is 2.44. The fourth-order valence-corrected chi connectivity index (χ4v) is 1.25. The summed E-state index contributed by atoms with van der Waals surface area (Å²) in [5.41, 5.74) is 8.01. The highest BCUT2D eigenvalue weighted by Gasteiger charge is 2.02. The van der Waals surface area contributed by atoms with Crippen LogP contribution in [0.3, 0.4) is 0 Å². The summed E-state index contributed by atoms with van der Waals surface area (Å²) in [6.45, 7) is 5.47. The number of rotatable bonds is 5. The van der Waals surface area contributed by atoms with Crippen LogP contribution in [-0.2, 0) is 17.9 Å². The minimum Gasteiger partial charge on any atom is -0.374 e. The molecule has 0 spiro atoms. The summed E-state index contributed by atoms with van der Waals surface area (Å²) in [6, 6.07) is 8.16. The maximum atomic E-state index is 5.66. The smallest absolute Gasteiger partial charge is 0.0723 e. The Morgan fingerprint density at radius 1 is 1.29 bits per heavy atom. The summed E-state index contributed by atoms with van der Waals surface area (Å²) in [4.78, 5) is 0. The van der Waals surface area contributed by atoms with Crippen LogP contribution < -0.4 is 5.73 Å². The molecule has 14 heavy (non-hydrogen) atoms. The van der Waals surface area contributed by atoms with Crippen LogP contribution in [0.1, 0.15) is 31.4 Å². The van der Waals surface area contributed by atoms with Crippen LogP contribution in [0.5, 0.6) is 0 Å². The van der Waals surface area contributed by atoms with Gasteiger partial charge in [-0.25, -0.2) is 0 Å². The van der Waals surface area contributed by atoms with Crippen LogP contribution in [0.4, 0.5) is 0 Å². The molecule has 0 bridgehead atoms. The summed E-state index contributed by atoms with van der Waals surface area (Å²) < 4.78 is 5.66. The first-order chi connectivity index (χ1) is 6.77. The van der Waals surface area contributed by atoms with Gasteiger partial charge in [0.25, 0.3) is 0 Å². The lowest BCUT2D eigenvalue weighted by Crippen LogP contribution is -2.08. The number of hydrogen-bond donors (Lipinski definition) is 1. The molecule has 2 N–H and O–H groups in total. The Morgan fingerprint density at radius 2 is 1.93 bits per heavy atom. The van der Waals surface area contributed by atoms with Crippen molar-refractivity contribution in [3.05, 3.63) is 35.4 Å². The molecule has 0 radical (unpaired) electrons. The highest BCUT2D eigenvalue weighted by Crippen LogP contribution is 2.11. The molecule has 0 aliphatic carbocycles. The molecule has 1 atom stereocenters. The molecule has 1 unspecified atom stereocenters. The van der Waals surface area contributed by atoms with Gasteiger partial charge in [-0.05, 0) is 24.5 Å². The zero-order valence-corrected chi connectivity index (χ0v) is 8.99. The first kappa shape index (κ1) is 11.2. The van der Waals surface area contributed by atoms with E-state index in [0.29, 0.717) is 19.3 Å². The molecule has 1 rings (SSSR count). The molecule has 1 aromatic carbocycles. The molecule has 2 nitrogen and oxygen atoms in total. The second kappa shape index (κ2) is 5.78. The average molecular weight is 193 g/mol. The van der Waals surface area contributed by atoms with Gasteiger partial charge in [0, 0.05) is 6.54 Å². The van der Waals surface area contributed by atoms with Crippen molar-refractivity contribution in [3.63, 3.8) is 0 Å². The Bertz CT molecular complexity index is 273. The van der Waals surface area contributed by atoms with Gasteiger partial charge in [0.1, 0.15) is 0 Å². The van der Waals surface area contributed by atoms with Crippen molar-refractivity contribution in [2.45, 2.75) is 39.5 Å². The Balaban J connectivity index is 2.57. The number of hydrogen-bond acceptors (Lipinski definition) is 2. The maximum Gasteiger partial charge on any atom is 0.0723 e. The van der Waals surface area contributed by atoms with E-state index in [9.17, 15) is 0 Å². The Morgan fingerprint density at radius 3 is 2.50 bits per heavy atom. The molecule has 0 aromatic heterocycles. The molecule has 0 saturated carbocycles. The average Bonchev–Trinajstić information content (AvgIpc) is 2.26. The van der Waals surface area contributed by atoms with Gasteiger partial charge >= 0.3 is 0 Å². The standard InChI is InChI=1S/C12H19NO/c1-3-10(2)14-9-12-7-5-4-6-11(12)8-13/h4-7,10H,3,8-9,13H2,1-2H3. The van der Waals surface area contributed by atoms with E-state index >= 15 is 0 Å². The fraction of sp³-hybridized carbons (Fsp3) is 0.500. The Labute approximate surface area is 86.1 Å². The van der Waals surface area contributed by atoms with Gasteiger partial charge in [-0.1, -0.05) is 31.2 Å². The zero-order valence-electron chi connectivity index (χ0n) is 8.99. The van der Waals surface area contributed by atoms with E-state index in [-0.39, 0.29) is 0 Å². The predicted molar refractivity (Wildman–Crippen MR) is 58.9 cm³/mol. The van der Waals surface area contributed by atoms with E-state index in [0.717, 1.165) is 6.42 Å². The van der Waals surface area contributed by atoms with Gasteiger partial charge in [0.05, 0.1) is 12.7 Å². The van der Waals surface area contributed by atoms with Crippen molar-refractivity contribution in [1.82, 2.24) is 0 Å². The second-order valence-electron chi connectivity index (χ2n) is 3.50. The lowest BCUT2D eigenvalue weighted by Gasteiger charge is -2.12. The molecular formula is C12H19NO. The maximum absolute atomic E-state index is 5.66. The highest BCUT2D eigenvalue weighted by atomic mass is 16.5. The largest absolute Gasteiger partial charge is 0.374 e. The normalized spacial score (nSPS) is 12.8. The van der Waals surface area contributed by atoms with Gasteiger partial charge in [0.2, 0.25) is 0 Å². The molecule has 2 heteroatoms. The molecule has 1 aromatic rings. The van der Waals surface area contributed by atoms with Crippen molar-refractivity contribution in [2.24, 2.45) is 5.73 Å². The number of benzene rings is 1. The van der Waals surface area contributed by atoms with E-state index in [4.69, 9.17) is 10.5 Å². The monoisotopic (exact) mass is 193 g/mol. The summed E-state index contributed by atoms with van der Waals surface area (Å²) >= 11 is 0. The predicted octanol–water partition coefficient (Wildman–Crippen LogP) is 2.46.